The highest BCUT2D eigenvalue weighted by molar-refractivity contribution is 5.92. The molecule has 1 rings (SSSR count). The molecule has 3 unspecified atom stereocenters. The SMILES string of the molecule is CCCCCCCCN(C(=O)C(NC(=O)OC(C)(C)C)C(C)CC)C(C(=O)NCCC(=O)OCC)c1ccc(C)cc1. The summed E-state index contributed by atoms with van der Waals surface area (Å²) >= 11 is 0. The summed E-state index contributed by atoms with van der Waals surface area (Å²) in [6.07, 6.45) is 6.09. The maximum atomic E-state index is 14.4. The number of nitrogens with one attached hydrogen (secondary N) is 2. The van der Waals surface area contributed by atoms with Gasteiger partial charge in [0, 0.05) is 13.1 Å². The van der Waals surface area contributed by atoms with Crippen molar-refractivity contribution in [2.24, 2.45) is 5.92 Å². The maximum absolute atomic E-state index is 14.4. The van der Waals surface area contributed by atoms with Crippen molar-refractivity contribution in [2.75, 3.05) is 19.7 Å². The van der Waals surface area contributed by atoms with Gasteiger partial charge in [0.15, 0.2) is 0 Å². The van der Waals surface area contributed by atoms with Crippen LogP contribution in [0.15, 0.2) is 24.3 Å². The van der Waals surface area contributed by atoms with Gasteiger partial charge in [-0.2, -0.15) is 0 Å². The average molecular weight is 590 g/mol. The van der Waals surface area contributed by atoms with Gasteiger partial charge in [-0.1, -0.05) is 89.1 Å². The highest BCUT2D eigenvalue weighted by atomic mass is 16.6. The number of ether oxygens (including phenoxy) is 2. The van der Waals surface area contributed by atoms with Crippen molar-refractivity contribution in [1.82, 2.24) is 15.5 Å². The predicted molar refractivity (Wildman–Crippen MR) is 166 cm³/mol. The molecule has 2 N–H and O–H groups in total. The Labute approximate surface area is 253 Å². The fourth-order valence-corrected chi connectivity index (χ4v) is 4.56. The van der Waals surface area contributed by atoms with Crippen molar-refractivity contribution in [3.8, 4) is 0 Å². The second-order valence-electron chi connectivity index (χ2n) is 12.0. The molecule has 0 spiro atoms. The fourth-order valence-electron chi connectivity index (χ4n) is 4.56. The largest absolute Gasteiger partial charge is 0.466 e. The molecule has 1 aromatic carbocycles. The molecule has 0 radical (unpaired) electrons. The molecule has 0 bridgehead atoms. The first-order valence-electron chi connectivity index (χ1n) is 15.6. The lowest BCUT2D eigenvalue weighted by Crippen LogP contribution is -2.55. The third-order valence-electron chi connectivity index (χ3n) is 7.07. The van der Waals surface area contributed by atoms with Crippen LogP contribution in [0, 0.1) is 12.8 Å². The first kappa shape index (κ1) is 36.9. The van der Waals surface area contributed by atoms with Crippen molar-refractivity contribution >= 4 is 23.9 Å². The van der Waals surface area contributed by atoms with E-state index in [-0.39, 0.29) is 37.3 Å². The lowest BCUT2D eigenvalue weighted by atomic mass is 9.95. The number of carbonyl (C=O) groups excluding carboxylic acids is 4. The van der Waals surface area contributed by atoms with Crippen LogP contribution in [0.5, 0.6) is 0 Å². The molecule has 0 aliphatic heterocycles. The molecule has 0 saturated heterocycles. The molecule has 9 heteroatoms. The van der Waals surface area contributed by atoms with E-state index in [1.807, 2.05) is 45.0 Å². The summed E-state index contributed by atoms with van der Waals surface area (Å²) in [5.74, 6) is -1.33. The number of alkyl carbamates (subject to hydrolysis) is 1. The van der Waals surface area contributed by atoms with Gasteiger partial charge in [0.2, 0.25) is 11.8 Å². The molecule has 0 aliphatic rings. The lowest BCUT2D eigenvalue weighted by Gasteiger charge is -2.36. The van der Waals surface area contributed by atoms with Crippen molar-refractivity contribution in [3.05, 3.63) is 35.4 Å². The Hall–Kier alpha value is -3.10. The quantitative estimate of drug-likeness (QED) is 0.155. The van der Waals surface area contributed by atoms with Gasteiger partial charge in [0.25, 0.3) is 0 Å². The van der Waals surface area contributed by atoms with Gasteiger partial charge in [0.1, 0.15) is 17.7 Å². The molecule has 1 aromatic rings. The summed E-state index contributed by atoms with van der Waals surface area (Å²) in [4.78, 5) is 54.5. The number of unbranched alkanes of at least 4 members (excludes halogenated alkanes) is 5. The Balaban J connectivity index is 3.43. The molecule has 0 aliphatic carbocycles. The lowest BCUT2D eigenvalue weighted by molar-refractivity contribution is -0.145. The highest BCUT2D eigenvalue weighted by Crippen LogP contribution is 2.26. The number of esters is 1. The average Bonchev–Trinajstić information content (AvgIpc) is 2.92. The molecule has 0 heterocycles. The van der Waals surface area contributed by atoms with Crippen molar-refractivity contribution < 1.29 is 28.7 Å². The molecule has 0 saturated carbocycles. The minimum atomic E-state index is -0.942. The van der Waals surface area contributed by atoms with E-state index < -0.39 is 29.7 Å². The molecule has 42 heavy (non-hydrogen) atoms. The molecule has 0 aromatic heterocycles. The van der Waals surface area contributed by atoms with Crippen LogP contribution < -0.4 is 10.6 Å². The van der Waals surface area contributed by atoms with Crippen LogP contribution in [0.2, 0.25) is 0 Å². The van der Waals surface area contributed by atoms with E-state index in [2.05, 4.69) is 17.6 Å². The van der Waals surface area contributed by atoms with Crippen LogP contribution in [0.3, 0.4) is 0 Å². The van der Waals surface area contributed by atoms with Crippen LogP contribution in [0.25, 0.3) is 0 Å². The highest BCUT2D eigenvalue weighted by Gasteiger charge is 2.37. The summed E-state index contributed by atoms with van der Waals surface area (Å²) in [5.41, 5.74) is 0.959. The number of hydrogen-bond acceptors (Lipinski definition) is 6. The first-order chi connectivity index (χ1) is 19.8. The predicted octanol–water partition coefficient (Wildman–Crippen LogP) is 6.23. The Morgan fingerprint density at radius 2 is 1.55 bits per heavy atom. The Morgan fingerprint density at radius 1 is 0.929 bits per heavy atom. The van der Waals surface area contributed by atoms with E-state index >= 15 is 0 Å². The van der Waals surface area contributed by atoms with E-state index in [4.69, 9.17) is 9.47 Å². The van der Waals surface area contributed by atoms with Gasteiger partial charge in [-0.3, -0.25) is 14.4 Å². The topological polar surface area (TPSA) is 114 Å². The zero-order chi connectivity index (χ0) is 31.7. The van der Waals surface area contributed by atoms with Gasteiger partial charge < -0.3 is 25.0 Å². The van der Waals surface area contributed by atoms with E-state index in [1.165, 1.54) is 0 Å². The Bertz CT molecular complexity index is 973. The number of carbonyl (C=O) groups is 4. The van der Waals surface area contributed by atoms with Gasteiger partial charge in [0.05, 0.1) is 13.0 Å². The molecule has 238 valence electrons. The maximum Gasteiger partial charge on any atom is 0.408 e. The number of amides is 3. The van der Waals surface area contributed by atoms with Crippen LogP contribution in [0.1, 0.15) is 117 Å². The number of aryl methyl sites for hydroxylation is 1. The Kier molecular flexibility index (Phi) is 16.8. The second kappa shape index (κ2) is 19.2. The minimum Gasteiger partial charge on any atom is -0.466 e. The van der Waals surface area contributed by atoms with Gasteiger partial charge in [-0.15, -0.1) is 0 Å². The molecule has 3 atom stereocenters. The van der Waals surface area contributed by atoms with E-state index in [0.717, 1.165) is 37.7 Å². The number of hydrogen-bond donors (Lipinski definition) is 2. The smallest absolute Gasteiger partial charge is 0.408 e. The zero-order valence-electron chi connectivity index (χ0n) is 27.2. The second-order valence-corrected chi connectivity index (χ2v) is 12.0. The number of nitrogens with zero attached hydrogens (tertiary/aromatic N) is 1. The van der Waals surface area contributed by atoms with E-state index in [9.17, 15) is 19.2 Å². The van der Waals surface area contributed by atoms with E-state index in [1.54, 1.807) is 32.6 Å². The first-order valence-corrected chi connectivity index (χ1v) is 15.6. The van der Waals surface area contributed by atoms with Crippen molar-refractivity contribution in [3.63, 3.8) is 0 Å². The van der Waals surface area contributed by atoms with Crippen LogP contribution in [0.4, 0.5) is 4.79 Å². The van der Waals surface area contributed by atoms with Crippen molar-refractivity contribution in [1.29, 1.82) is 0 Å². The molecule has 0 fully saturated rings. The van der Waals surface area contributed by atoms with Gasteiger partial charge in [-0.05, 0) is 52.5 Å². The van der Waals surface area contributed by atoms with Crippen LogP contribution in [-0.4, -0.2) is 60.1 Å². The summed E-state index contributed by atoms with van der Waals surface area (Å²) < 4.78 is 10.5. The van der Waals surface area contributed by atoms with Gasteiger partial charge >= 0.3 is 12.1 Å². The Morgan fingerprint density at radius 3 is 2.12 bits per heavy atom. The summed E-state index contributed by atoms with van der Waals surface area (Å²) in [6.45, 7) is 15.7. The van der Waals surface area contributed by atoms with Gasteiger partial charge in [-0.25, -0.2) is 4.79 Å². The fraction of sp³-hybridized carbons (Fsp3) is 0.697. The minimum absolute atomic E-state index is 0.0290. The molecular formula is C33H55N3O6. The van der Waals surface area contributed by atoms with Crippen molar-refractivity contribution in [2.45, 2.75) is 124 Å². The normalized spacial score (nSPS) is 13.4. The third kappa shape index (κ3) is 13.7. The van der Waals surface area contributed by atoms with Crippen LogP contribution in [-0.2, 0) is 23.9 Å². The standard InChI is InChI=1S/C33H55N3O6/c1-9-12-13-14-15-16-23-36(31(39)28(25(5)10-2)35-32(40)42-33(6,7)8)29(26-19-17-24(4)18-20-26)30(38)34-22-21-27(37)41-11-3/h17-20,25,28-29H,9-16,21-23H2,1-8H3,(H,34,38)(H,35,40). The molecule has 9 nitrogen and oxygen atoms in total. The third-order valence-corrected chi connectivity index (χ3v) is 7.07. The van der Waals surface area contributed by atoms with Crippen LogP contribution >= 0.6 is 0 Å². The summed E-state index contributed by atoms with van der Waals surface area (Å²) in [7, 11) is 0. The monoisotopic (exact) mass is 589 g/mol. The number of benzene rings is 1. The summed E-state index contributed by atoms with van der Waals surface area (Å²) in [6, 6.07) is 5.70. The molecular weight excluding hydrogens is 534 g/mol. The zero-order valence-corrected chi connectivity index (χ0v) is 27.2. The van der Waals surface area contributed by atoms with E-state index in [0.29, 0.717) is 24.9 Å². The molecule has 3 amide bonds. The summed E-state index contributed by atoms with van der Waals surface area (Å²) in [5, 5.41) is 5.65. The number of rotatable bonds is 18.